The van der Waals surface area contributed by atoms with Crippen molar-refractivity contribution in [2.75, 3.05) is 20.3 Å². The Balaban J connectivity index is 1.53. The number of carbonyl (C=O) groups is 3. The number of aromatic amines is 1. The van der Waals surface area contributed by atoms with Crippen LogP contribution in [0, 0.1) is 9.12 Å². The molecule has 52 heavy (non-hydrogen) atoms. The molecule has 11 nitrogen and oxygen atoms in total. The zero-order chi connectivity index (χ0) is 37.6. The number of nitrogens with one attached hydrogen (secondary N) is 3. The van der Waals surface area contributed by atoms with E-state index >= 15 is 0 Å². The maximum absolute atomic E-state index is 14.1. The first-order chi connectivity index (χ1) is 24.6. The Morgan fingerprint density at radius 1 is 1.00 bits per heavy atom. The number of hydrazine groups is 1. The number of aliphatic hydroxyl groups is 1. The number of methoxy groups -OCH3 is 1. The topological polar surface area (TPSA) is 142 Å². The van der Waals surface area contributed by atoms with Gasteiger partial charge in [-0.3, -0.25) is 14.6 Å². The summed E-state index contributed by atoms with van der Waals surface area (Å²) in [5.41, 5.74) is 7.62. The van der Waals surface area contributed by atoms with Crippen LogP contribution in [0.1, 0.15) is 64.2 Å². The van der Waals surface area contributed by atoms with Gasteiger partial charge in [-0.25, -0.2) is 10.2 Å². The molecule has 1 saturated heterocycles. The van der Waals surface area contributed by atoms with Gasteiger partial charge in [-0.2, -0.15) is 0 Å². The molecule has 0 unspecified atom stereocenters. The molecule has 1 aliphatic rings. The van der Waals surface area contributed by atoms with Crippen LogP contribution in [0.15, 0.2) is 66.7 Å². The van der Waals surface area contributed by atoms with Gasteiger partial charge in [-0.1, -0.05) is 56.3 Å². The normalized spacial score (nSPS) is 15.6. The lowest BCUT2D eigenvalue weighted by Crippen LogP contribution is -2.60. The molecule has 0 spiro atoms. The number of halogens is 1. The number of alkyl carbamates (subject to hydrolysis) is 1. The van der Waals surface area contributed by atoms with Crippen molar-refractivity contribution in [2.24, 2.45) is 5.41 Å². The largest absolute Gasteiger partial charge is 0.489 e. The molecule has 278 valence electrons. The van der Waals surface area contributed by atoms with Crippen LogP contribution in [-0.2, 0) is 38.5 Å². The van der Waals surface area contributed by atoms with Gasteiger partial charge < -0.3 is 29.6 Å². The Labute approximate surface area is 318 Å². The van der Waals surface area contributed by atoms with Crippen molar-refractivity contribution in [3.63, 3.8) is 0 Å². The second-order valence-corrected chi connectivity index (χ2v) is 16.1. The number of hydrogen-bond acceptors (Lipinski definition) is 8. The fourth-order valence-corrected chi connectivity index (χ4v) is 6.97. The van der Waals surface area contributed by atoms with E-state index in [2.05, 4.69) is 50.5 Å². The Hall–Kier alpha value is -4.14. The van der Waals surface area contributed by atoms with Gasteiger partial charge in [0.2, 0.25) is 0 Å². The molecule has 0 saturated carbocycles. The monoisotopic (exact) mass is 824 g/mol. The molecule has 2 atom stereocenters. The van der Waals surface area contributed by atoms with Crippen LogP contribution in [0.2, 0.25) is 0 Å². The molecule has 1 fully saturated rings. The lowest BCUT2D eigenvalue weighted by Gasteiger charge is -2.35. The molecular weight excluding hydrogens is 775 g/mol. The molecule has 4 aromatic rings. The van der Waals surface area contributed by atoms with Gasteiger partial charge >= 0.3 is 12.1 Å². The standard InChI is InChI=1S/C40H49IN4O7/c1-39(2,3)52-38(49)43-34(36(47)45-16-10-13-33(44-45)37(48)50-6)19-26-17-28(20-29(18-26)51-23-25-11-8-7-9-12-25)27-14-15-32-30(21-27)31(35(41)42-32)22-40(4,5)24-46/h7-9,11-12,14-15,17-18,20-21,33-34,42,44,46H,10,13,16,19,22-24H2,1-6H3,(H,43,49)/t33-,34-/m0/s1. The van der Waals surface area contributed by atoms with Crippen LogP contribution in [0.4, 0.5) is 4.79 Å². The summed E-state index contributed by atoms with van der Waals surface area (Å²) in [4.78, 5) is 43.1. The zero-order valence-electron chi connectivity index (χ0n) is 30.7. The predicted molar refractivity (Wildman–Crippen MR) is 209 cm³/mol. The number of amides is 2. The zero-order valence-corrected chi connectivity index (χ0v) is 32.8. The second kappa shape index (κ2) is 16.7. The fraction of sp³-hybridized carbons (Fsp3) is 0.425. The molecule has 4 N–H and O–H groups in total. The third kappa shape index (κ3) is 10.3. The molecule has 12 heteroatoms. The number of esters is 1. The smallest absolute Gasteiger partial charge is 0.408 e. The van der Waals surface area contributed by atoms with Crippen molar-refractivity contribution in [1.82, 2.24) is 20.7 Å². The minimum atomic E-state index is -1.03. The van der Waals surface area contributed by atoms with Gasteiger partial charge in [0.15, 0.2) is 0 Å². The van der Waals surface area contributed by atoms with Crippen LogP contribution in [-0.4, -0.2) is 71.0 Å². The number of ether oxygens (including phenoxy) is 3. The number of rotatable bonds is 12. The minimum Gasteiger partial charge on any atom is -0.489 e. The van der Waals surface area contributed by atoms with Crippen LogP contribution < -0.4 is 15.5 Å². The summed E-state index contributed by atoms with van der Waals surface area (Å²) >= 11 is 2.32. The van der Waals surface area contributed by atoms with Crippen LogP contribution in [0.3, 0.4) is 0 Å². The van der Waals surface area contributed by atoms with E-state index in [0.717, 1.165) is 42.4 Å². The van der Waals surface area contributed by atoms with E-state index in [1.165, 1.54) is 12.1 Å². The molecule has 2 heterocycles. The van der Waals surface area contributed by atoms with E-state index in [9.17, 15) is 19.5 Å². The van der Waals surface area contributed by atoms with E-state index in [-0.39, 0.29) is 18.4 Å². The van der Waals surface area contributed by atoms with Crippen molar-refractivity contribution in [2.45, 2.75) is 84.6 Å². The number of H-pyrrole nitrogens is 1. The maximum Gasteiger partial charge on any atom is 0.408 e. The minimum absolute atomic E-state index is 0.0626. The summed E-state index contributed by atoms with van der Waals surface area (Å²) in [6.07, 6.45) is 1.19. The molecule has 0 radical (unpaired) electrons. The molecule has 1 aliphatic heterocycles. The average molecular weight is 825 g/mol. The lowest BCUT2D eigenvalue weighted by molar-refractivity contribution is -0.150. The number of aromatic nitrogens is 1. The Bertz CT molecular complexity index is 1890. The number of fused-ring (bicyclic) bond motifs is 1. The van der Waals surface area contributed by atoms with Gasteiger partial charge in [-0.15, -0.1) is 0 Å². The summed E-state index contributed by atoms with van der Waals surface area (Å²) in [6, 6.07) is 20.3. The lowest BCUT2D eigenvalue weighted by atomic mass is 9.86. The van der Waals surface area contributed by atoms with E-state index in [4.69, 9.17) is 14.2 Å². The second-order valence-electron chi connectivity index (χ2n) is 15.1. The van der Waals surface area contributed by atoms with Crippen LogP contribution in [0.25, 0.3) is 22.0 Å². The predicted octanol–water partition coefficient (Wildman–Crippen LogP) is 6.68. The van der Waals surface area contributed by atoms with Gasteiger partial charge in [0.1, 0.15) is 30.0 Å². The first kappa shape index (κ1) is 39.1. The van der Waals surface area contributed by atoms with Crippen molar-refractivity contribution in [3.05, 3.63) is 87.1 Å². The highest BCUT2D eigenvalue weighted by Crippen LogP contribution is 2.35. The van der Waals surface area contributed by atoms with Crippen molar-refractivity contribution < 1.29 is 33.7 Å². The third-order valence-corrected chi connectivity index (χ3v) is 9.77. The quantitative estimate of drug-likeness (QED) is 0.0916. The average Bonchev–Trinajstić information content (AvgIpc) is 3.42. The Kier molecular flexibility index (Phi) is 12.5. The van der Waals surface area contributed by atoms with E-state index < -0.39 is 35.7 Å². The molecule has 2 amide bonds. The molecule has 5 rings (SSSR count). The molecular formula is C40H49IN4O7. The molecule has 0 aliphatic carbocycles. The molecule has 3 aromatic carbocycles. The summed E-state index contributed by atoms with van der Waals surface area (Å²) in [5.74, 6) is -0.262. The number of aliphatic hydroxyl groups excluding tert-OH is 1. The number of carbonyl (C=O) groups excluding carboxylic acids is 3. The molecule has 0 bridgehead atoms. The SMILES string of the molecule is COC(=O)[C@@H]1CCCN(C(=O)[C@H](Cc2cc(OCc3ccccc3)cc(-c3ccc4[nH]c(I)c(CC(C)(C)CO)c4c3)c2)NC(=O)OC(C)(C)C)N1. The van der Waals surface area contributed by atoms with Gasteiger partial charge in [-0.05, 0) is 120 Å². The van der Waals surface area contributed by atoms with E-state index in [0.29, 0.717) is 38.2 Å². The van der Waals surface area contributed by atoms with Crippen molar-refractivity contribution >= 4 is 51.5 Å². The highest BCUT2D eigenvalue weighted by atomic mass is 127. The van der Waals surface area contributed by atoms with Gasteiger partial charge in [0, 0.05) is 30.5 Å². The maximum atomic E-state index is 14.1. The summed E-state index contributed by atoms with van der Waals surface area (Å²) in [5, 5.41) is 15.3. The van der Waals surface area contributed by atoms with E-state index in [1.807, 2.05) is 68.4 Å². The van der Waals surface area contributed by atoms with Gasteiger partial charge in [0.05, 0.1) is 10.8 Å². The first-order valence-corrected chi connectivity index (χ1v) is 18.6. The first-order valence-electron chi connectivity index (χ1n) is 17.5. The van der Waals surface area contributed by atoms with Crippen molar-refractivity contribution in [1.29, 1.82) is 0 Å². The highest BCUT2D eigenvalue weighted by Gasteiger charge is 2.34. The Morgan fingerprint density at radius 3 is 2.44 bits per heavy atom. The Morgan fingerprint density at radius 2 is 1.75 bits per heavy atom. The van der Waals surface area contributed by atoms with E-state index in [1.54, 1.807) is 20.8 Å². The third-order valence-electron chi connectivity index (χ3n) is 8.85. The van der Waals surface area contributed by atoms with Crippen molar-refractivity contribution in [3.8, 4) is 16.9 Å². The molecule has 1 aromatic heterocycles. The van der Waals surface area contributed by atoms with Crippen LogP contribution >= 0.6 is 22.6 Å². The highest BCUT2D eigenvalue weighted by molar-refractivity contribution is 14.1. The summed E-state index contributed by atoms with van der Waals surface area (Å²) in [7, 11) is 1.31. The summed E-state index contributed by atoms with van der Waals surface area (Å²) < 4.78 is 17.9. The fourth-order valence-electron chi connectivity index (χ4n) is 6.20. The number of benzene rings is 3. The number of nitrogens with zero attached hydrogens (tertiary/aromatic N) is 1. The van der Waals surface area contributed by atoms with Gasteiger partial charge in [0.25, 0.3) is 5.91 Å². The summed E-state index contributed by atoms with van der Waals surface area (Å²) in [6.45, 7) is 10.1. The van der Waals surface area contributed by atoms with Crippen LogP contribution in [0.5, 0.6) is 5.75 Å². The number of hydrogen-bond donors (Lipinski definition) is 4.